The Balaban J connectivity index is 2.18. The highest BCUT2D eigenvalue weighted by molar-refractivity contribution is 7.98. The predicted octanol–water partition coefficient (Wildman–Crippen LogP) is 2.10. The predicted molar refractivity (Wildman–Crippen MR) is 70.3 cm³/mol. The molecule has 0 saturated carbocycles. The molecule has 0 fully saturated rings. The first-order valence-electron chi connectivity index (χ1n) is 5.47. The molecule has 1 aromatic heterocycles. The number of nitrogens with zero attached hydrogens (tertiary/aromatic N) is 2. The highest BCUT2D eigenvalue weighted by atomic mass is 32.2. The number of rotatable bonds is 5. The molecule has 0 radical (unpaired) electrons. The summed E-state index contributed by atoms with van der Waals surface area (Å²) in [5, 5.41) is 3.92. The normalized spacial score (nSPS) is 12.6. The summed E-state index contributed by atoms with van der Waals surface area (Å²) in [7, 11) is 1.58. The summed E-state index contributed by atoms with van der Waals surface area (Å²) < 4.78 is 10.1. The highest BCUT2D eigenvalue weighted by Gasteiger charge is 2.15. The summed E-state index contributed by atoms with van der Waals surface area (Å²) in [6, 6.07) is 7.57. The molecule has 6 heteroatoms. The van der Waals surface area contributed by atoms with Crippen LogP contribution >= 0.6 is 11.8 Å². The first-order chi connectivity index (χ1) is 8.74. The Morgan fingerprint density at radius 1 is 1.39 bits per heavy atom. The van der Waals surface area contributed by atoms with Crippen molar-refractivity contribution in [1.29, 1.82) is 0 Å². The topological polar surface area (TPSA) is 74.2 Å². The number of hydrogen-bond acceptors (Lipinski definition) is 6. The van der Waals surface area contributed by atoms with Gasteiger partial charge in [0.25, 0.3) is 0 Å². The Hall–Kier alpha value is -1.37. The minimum atomic E-state index is -0.387. The van der Waals surface area contributed by atoms with Crippen molar-refractivity contribution in [3.05, 3.63) is 30.2 Å². The van der Waals surface area contributed by atoms with Crippen molar-refractivity contribution < 1.29 is 9.26 Å². The van der Waals surface area contributed by atoms with Crippen molar-refractivity contribution in [1.82, 2.24) is 10.1 Å². The third-order valence-electron chi connectivity index (χ3n) is 2.45. The van der Waals surface area contributed by atoms with Crippen molar-refractivity contribution in [2.75, 3.05) is 20.0 Å². The minimum absolute atomic E-state index is 0.354. The van der Waals surface area contributed by atoms with Gasteiger partial charge in [0, 0.05) is 17.6 Å². The first-order valence-corrected chi connectivity index (χ1v) is 6.69. The van der Waals surface area contributed by atoms with Crippen molar-refractivity contribution in [3.63, 3.8) is 0 Å². The van der Waals surface area contributed by atoms with Gasteiger partial charge in [-0.15, -0.1) is 11.8 Å². The summed E-state index contributed by atoms with van der Waals surface area (Å²) in [5.41, 5.74) is 6.73. The van der Waals surface area contributed by atoms with E-state index in [4.69, 9.17) is 15.0 Å². The molecule has 0 amide bonds. The van der Waals surface area contributed by atoms with E-state index >= 15 is 0 Å². The van der Waals surface area contributed by atoms with Crippen LogP contribution in [0.5, 0.6) is 0 Å². The summed E-state index contributed by atoms with van der Waals surface area (Å²) in [6.07, 6.45) is 2.03. The molecular formula is C12H15N3O2S. The zero-order valence-corrected chi connectivity index (χ0v) is 11.1. The molecular weight excluding hydrogens is 250 g/mol. The number of aromatic nitrogens is 2. The lowest BCUT2D eigenvalue weighted by atomic mass is 10.2. The van der Waals surface area contributed by atoms with Gasteiger partial charge < -0.3 is 15.0 Å². The molecule has 1 heterocycles. The fourth-order valence-corrected chi connectivity index (χ4v) is 1.90. The van der Waals surface area contributed by atoms with Crippen LogP contribution in [-0.4, -0.2) is 30.1 Å². The molecule has 1 unspecified atom stereocenters. The smallest absolute Gasteiger partial charge is 0.246 e. The van der Waals surface area contributed by atoms with Gasteiger partial charge in [0.15, 0.2) is 0 Å². The molecule has 0 saturated heterocycles. The van der Waals surface area contributed by atoms with E-state index < -0.39 is 0 Å². The highest BCUT2D eigenvalue weighted by Crippen LogP contribution is 2.21. The molecule has 96 valence electrons. The second-order valence-electron chi connectivity index (χ2n) is 3.75. The zero-order valence-electron chi connectivity index (χ0n) is 10.3. The molecule has 18 heavy (non-hydrogen) atoms. The van der Waals surface area contributed by atoms with E-state index in [1.807, 2.05) is 30.5 Å². The van der Waals surface area contributed by atoms with E-state index in [9.17, 15) is 0 Å². The largest absolute Gasteiger partial charge is 0.383 e. The average Bonchev–Trinajstić information content (AvgIpc) is 2.89. The Kier molecular flexibility index (Phi) is 4.35. The van der Waals surface area contributed by atoms with Crippen molar-refractivity contribution in [3.8, 4) is 11.4 Å². The Bertz CT molecular complexity index is 498. The van der Waals surface area contributed by atoms with Gasteiger partial charge in [-0.25, -0.2) is 0 Å². The number of nitrogens with two attached hydrogens (primary N) is 1. The number of benzene rings is 1. The van der Waals surface area contributed by atoms with Crippen molar-refractivity contribution in [2.24, 2.45) is 5.73 Å². The van der Waals surface area contributed by atoms with Gasteiger partial charge in [-0.3, -0.25) is 0 Å². The second kappa shape index (κ2) is 5.99. The summed E-state index contributed by atoms with van der Waals surface area (Å²) in [6.45, 7) is 0.354. The van der Waals surface area contributed by atoms with Crippen LogP contribution in [0.1, 0.15) is 11.9 Å². The minimum Gasteiger partial charge on any atom is -0.383 e. The molecule has 0 bridgehead atoms. The third-order valence-corrected chi connectivity index (χ3v) is 3.20. The van der Waals surface area contributed by atoms with Crippen LogP contribution in [0.15, 0.2) is 33.7 Å². The fraction of sp³-hybridized carbons (Fsp3) is 0.333. The summed E-state index contributed by atoms with van der Waals surface area (Å²) in [5.74, 6) is 0.935. The van der Waals surface area contributed by atoms with Crippen LogP contribution in [0.2, 0.25) is 0 Å². The van der Waals surface area contributed by atoms with Crippen molar-refractivity contribution in [2.45, 2.75) is 10.9 Å². The maximum Gasteiger partial charge on any atom is 0.246 e. The monoisotopic (exact) mass is 265 g/mol. The third kappa shape index (κ3) is 2.90. The standard InChI is InChI=1S/C12H15N3O2S/c1-16-7-10(13)12-14-11(15-17-12)8-3-5-9(18-2)6-4-8/h3-6,10H,7,13H2,1-2H3. The quantitative estimate of drug-likeness (QED) is 0.834. The molecule has 2 N–H and O–H groups in total. The summed E-state index contributed by atoms with van der Waals surface area (Å²) >= 11 is 1.69. The lowest BCUT2D eigenvalue weighted by Gasteiger charge is -2.02. The SMILES string of the molecule is COCC(N)c1nc(-c2ccc(SC)cc2)no1. The Morgan fingerprint density at radius 2 is 2.11 bits per heavy atom. The van der Waals surface area contributed by atoms with Crippen LogP contribution in [0.4, 0.5) is 0 Å². The maximum atomic E-state index is 5.82. The molecule has 2 rings (SSSR count). The van der Waals surface area contributed by atoms with E-state index in [0.29, 0.717) is 18.3 Å². The van der Waals surface area contributed by atoms with Gasteiger partial charge in [0.2, 0.25) is 11.7 Å². The maximum absolute atomic E-state index is 5.82. The van der Waals surface area contributed by atoms with Crippen LogP contribution in [0.25, 0.3) is 11.4 Å². The Morgan fingerprint density at radius 3 is 2.72 bits per heavy atom. The number of methoxy groups -OCH3 is 1. The van der Waals surface area contributed by atoms with Gasteiger partial charge >= 0.3 is 0 Å². The lowest BCUT2D eigenvalue weighted by molar-refractivity contribution is 0.166. The van der Waals surface area contributed by atoms with Crippen LogP contribution in [-0.2, 0) is 4.74 Å². The number of hydrogen-bond donors (Lipinski definition) is 1. The zero-order chi connectivity index (χ0) is 13.0. The molecule has 0 aliphatic rings. The van der Waals surface area contributed by atoms with E-state index in [2.05, 4.69) is 10.1 Å². The van der Waals surface area contributed by atoms with Gasteiger partial charge in [0.1, 0.15) is 6.04 Å². The van der Waals surface area contributed by atoms with Gasteiger partial charge in [-0.1, -0.05) is 5.16 Å². The van der Waals surface area contributed by atoms with Crippen molar-refractivity contribution >= 4 is 11.8 Å². The van der Waals surface area contributed by atoms with Gasteiger partial charge in [-0.2, -0.15) is 4.98 Å². The molecule has 0 aliphatic carbocycles. The van der Waals surface area contributed by atoms with Crippen LogP contribution in [0.3, 0.4) is 0 Å². The van der Waals surface area contributed by atoms with E-state index in [0.717, 1.165) is 5.56 Å². The molecule has 1 atom stereocenters. The fourth-order valence-electron chi connectivity index (χ4n) is 1.49. The lowest BCUT2D eigenvalue weighted by Crippen LogP contribution is -2.16. The first kappa shape index (κ1) is 13.1. The van der Waals surface area contributed by atoms with E-state index in [-0.39, 0.29) is 6.04 Å². The number of thioether (sulfide) groups is 1. The average molecular weight is 265 g/mol. The Labute approximate surface area is 110 Å². The molecule has 1 aromatic carbocycles. The summed E-state index contributed by atoms with van der Waals surface area (Å²) in [4.78, 5) is 5.46. The number of ether oxygens (including phenoxy) is 1. The molecule has 0 spiro atoms. The van der Waals surface area contributed by atoms with E-state index in [1.54, 1.807) is 18.9 Å². The van der Waals surface area contributed by atoms with Crippen LogP contribution in [0, 0.1) is 0 Å². The second-order valence-corrected chi connectivity index (χ2v) is 4.63. The van der Waals surface area contributed by atoms with E-state index in [1.165, 1.54) is 4.90 Å². The molecule has 0 aliphatic heterocycles. The van der Waals surface area contributed by atoms with Gasteiger partial charge in [-0.05, 0) is 30.5 Å². The van der Waals surface area contributed by atoms with Crippen LogP contribution < -0.4 is 5.73 Å². The molecule has 5 nitrogen and oxygen atoms in total. The molecule has 2 aromatic rings. The van der Waals surface area contributed by atoms with Gasteiger partial charge in [0.05, 0.1) is 6.61 Å².